The van der Waals surface area contributed by atoms with Crippen LogP contribution in [0.4, 0.5) is 0 Å². The summed E-state index contributed by atoms with van der Waals surface area (Å²) in [5.74, 6) is 0.218. The Morgan fingerprint density at radius 3 is 2.40 bits per heavy atom. The zero-order chi connectivity index (χ0) is 8.15. The van der Waals surface area contributed by atoms with Crippen molar-refractivity contribution in [3.8, 4) is 0 Å². The Bertz CT molecular complexity index is 112. The molecule has 0 bridgehead atoms. The SMILES string of the molecule is CC(=O)NC(O)CC(C)C. The highest BCUT2D eigenvalue weighted by Gasteiger charge is 2.06. The molecule has 0 fully saturated rings. The van der Waals surface area contributed by atoms with Crippen molar-refractivity contribution in [2.45, 2.75) is 33.4 Å². The molecule has 0 aliphatic carbocycles. The zero-order valence-corrected chi connectivity index (χ0v) is 6.72. The van der Waals surface area contributed by atoms with Gasteiger partial charge in [0, 0.05) is 6.92 Å². The molecule has 0 aliphatic heterocycles. The summed E-state index contributed by atoms with van der Waals surface area (Å²) in [5, 5.41) is 11.4. The fourth-order valence-corrected chi connectivity index (χ4v) is 0.740. The van der Waals surface area contributed by atoms with Gasteiger partial charge >= 0.3 is 0 Å². The highest BCUT2D eigenvalue weighted by atomic mass is 16.3. The normalized spacial score (nSPS) is 13.3. The fourth-order valence-electron chi connectivity index (χ4n) is 0.740. The molecule has 0 aromatic carbocycles. The van der Waals surface area contributed by atoms with Gasteiger partial charge in [0.05, 0.1) is 0 Å². The molecule has 0 aromatic rings. The van der Waals surface area contributed by atoms with Gasteiger partial charge < -0.3 is 10.4 Å². The number of aliphatic hydroxyl groups is 1. The van der Waals surface area contributed by atoms with Gasteiger partial charge in [-0.3, -0.25) is 4.79 Å². The highest BCUT2D eigenvalue weighted by molar-refractivity contribution is 5.72. The van der Waals surface area contributed by atoms with Gasteiger partial charge in [0.2, 0.25) is 5.91 Å². The van der Waals surface area contributed by atoms with E-state index in [9.17, 15) is 4.79 Å². The molecule has 3 nitrogen and oxygen atoms in total. The number of carbonyl (C=O) groups excluding carboxylic acids is 1. The van der Waals surface area contributed by atoms with Gasteiger partial charge in [-0.05, 0) is 12.3 Å². The van der Waals surface area contributed by atoms with Crippen LogP contribution in [0, 0.1) is 5.92 Å². The Kier molecular flexibility index (Phi) is 4.03. The van der Waals surface area contributed by atoms with Crippen molar-refractivity contribution >= 4 is 5.91 Å². The monoisotopic (exact) mass is 145 g/mol. The first-order valence-electron chi connectivity index (χ1n) is 3.47. The van der Waals surface area contributed by atoms with Crippen molar-refractivity contribution in [1.82, 2.24) is 5.32 Å². The van der Waals surface area contributed by atoms with E-state index in [1.54, 1.807) is 0 Å². The summed E-state index contributed by atoms with van der Waals surface area (Å²) in [6.45, 7) is 5.37. The molecule has 1 amide bonds. The van der Waals surface area contributed by atoms with E-state index in [1.807, 2.05) is 13.8 Å². The molecule has 1 atom stereocenters. The van der Waals surface area contributed by atoms with E-state index in [0.29, 0.717) is 12.3 Å². The first kappa shape index (κ1) is 9.43. The molecule has 0 radical (unpaired) electrons. The predicted octanol–water partition coefficient (Wildman–Crippen LogP) is 0.487. The van der Waals surface area contributed by atoms with Crippen LogP contribution in [-0.2, 0) is 4.79 Å². The average Bonchev–Trinajstić information content (AvgIpc) is 1.58. The summed E-state index contributed by atoms with van der Waals surface area (Å²) >= 11 is 0. The van der Waals surface area contributed by atoms with Crippen LogP contribution >= 0.6 is 0 Å². The van der Waals surface area contributed by atoms with Crippen LogP contribution < -0.4 is 5.32 Å². The molecule has 0 aromatic heterocycles. The molecular weight excluding hydrogens is 130 g/mol. The van der Waals surface area contributed by atoms with Crippen LogP contribution in [-0.4, -0.2) is 17.2 Å². The largest absolute Gasteiger partial charge is 0.374 e. The molecule has 0 saturated heterocycles. The summed E-state index contributed by atoms with van der Waals surface area (Å²) in [4.78, 5) is 10.4. The summed E-state index contributed by atoms with van der Waals surface area (Å²) in [6, 6.07) is 0. The van der Waals surface area contributed by atoms with Crippen molar-refractivity contribution in [3.63, 3.8) is 0 Å². The van der Waals surface area contributed by atoms with Crippen LogP contribution in [0.2, 0.25) is 0 Å². The minimum atomic E-state index is -0.683. The average molecular weight is 145 g/mol. The molecule has 0 rings (SSSR count). The molecule has 2 N–H and O–H groups in total. The van der Waals surface area contributed by atoms with Crippen LogP contribution in [0.15, 0.2) is 0 Å². The van der Waals surface area contributed by atoms with E-state index in [2.05, 4.69) is 5.32 Å². The van der Waals surface area contributed by atoms with Crippen LogP contribution in [0.1, 0.15) is 27.2 Å². The number of rotatable bonds is 3. The van der Waals surface area contributed by atoms with Crippen LogP contribution in [0.5, 0.6) is 0 Å². The van der Waals surface area contributed by atoms with Crippen molar-refractivity contribution < 1.29 is 9.90 Å². The smallest absolute Gasteiger partial charge is 0.218 e. The van der Waals surface area contributed by atoms with E-state index in [-0.39, 0.29) is 5.91 Å². The lowest BCUT2D eigenvalue weighted by Gasteiger charge is -2.12. The van der Waals surface area contributed by atoms with Gasteiger partial charge in [-0.1, -0.05) is 13.8 Å². The van der Waals surface area contributed by atoms with E-state index >= 15 is 0 Å². The van der Waals surface area contributed by atoms with Crippen molar-refractivity contribution in [3.05, 3.63) is 0 Å². The van der Waals surface area contributed by atoms with Gasteiger partial charge in [-0.15, -0.1) is 0 Å². The van der Waals surface area contributed by atoms with E-state index < -0.39 is 6.23 Å². The van der Waals surface area contributed by atoms with Crippen molar-refractivity contribution in [2.75, 3.05) is 0 Å². The van der Waals surface area contributed by atoms with E-state index in [0.717, 1.165) is 0 Å². The van der Waals surface area contributed by atoms with Crippen molar-refractivity contribution in [1.29, 1.82) is 0 Å². The minimum absolute atomic E-state index is 0.187. The molecule has 0 aliphatic rings. The lowest BCUT2D eigenvalue weighted by molar-refractivity contribution is -0.122. The Hall–Kier alpha value is -0.570. The standard InChI is InChI=1S/C7H15NO2/c1-5(2)4-7(10)8-6(3)9/h5,7,10H,4H2,1-3H3,(H,8,9). The number of hydrogen-bond acceptors (Lipinski definition) is 2. The van der Waals surface area contributed by atoms with E-state index in [4.69, 9.17) is 5.11 Å². The maximum absolute atomic E-state index is 10.4. The Balaban J connectivity index is 3.43. The Morgan fingerprint density at radius 2 is 2.10 bits per heavy atom. The summed E-state index contributed by atoms with van der Waals surface area (Å²) in [7, 11) is 0. The second kappa shape index (κ2) is 4.28. The number of hydrogen-bond donors (Lipinski definition) is 2. The second-order valence-corrected chi connectivity index (χ2v) is 2.85. The topological polar surface area (TPSA) is 49.3 Å². The number of carbonyl (C=O) groups is 1. The molecule has 0 saturated carbocycles. The van der Waals surface area contributed by atoms with Gasteiger partial charge in [0.15, 0.2) is 0 Å². The fraction of sp³-hybridized carbons (Fsp3) is 0.857. The molecule has 60 valence electrons. The molecule has 0 heterocycles. The maximum atomic E-state index is 10.4. The molecule has 0 spiro atoms. The highest BCUT2D eigenvalue weighted by Crippen LogP contribution is 2.01. The first-order valence-corrected chi connectivity index (χ1v) is 3.47. The van der Waals surface area contributed by atoms with Gasteiger partial charge in [0.1, 0.15) is 6.23 Å². The number of nitrogens with one attached hydrogen (secondary N) is 1. The van der Waals surface area contributed by atoms with Gasteiger partial charge in [0.25, 0.3) is 0 Å². The molecule has 10 heavy (non-hydrogen) atoms. The zero-order valence-electron chi connectivity index (χ0n) is 6.72. The maximum Gasteiger partial charge on any atom is 0.218 e. The predicted molar refractivity (Wildman–Crippen MR) is 39.3 cm³/mol. The Morgan fingerprint density at radius 1 is 1.60 bits per heavy atom. The first-order chi connectivity index (χ1) is 4.52. The third-order valence-corrected chi connectivity index (χ3v) is 1.06. The third kappa shape index (κ3) is 5.56. The minimum Gasteiger partial charge on any atom is -0.374 e. The number of aliphatic hydroxyl groups excluding tert-OH is 1. The van der Waals surface area contributed by atoms with Gasteiger partial charge in [-0.2, -0.15) is 0 Å². The summed E-state index contributed by atoms with van der Waals surface area (Å²) in [5.41, 5.74) is 0. The van der Waals surface area contributed by atoms with E-state index in [1.165, 1.54) is 6.92 Å². The second-order valence-electron chi connectivity index (χ2n) is 2.85. The Labute approximate surface area is 61.4 Å². The van der Waals surface area contributed by atoms with Crippen LogP contribution in [0.25, 0.3) is 0 Å². The van der Waals surface area contributed by atoms with Crippen LogP contribution in [0.3, 0.4) is 0 Å². The molecule has 3 heteroatoms. The lowest BCUT2D eigenvalue weighted by Crippen LogP contribution is -2.33. The van der Waals surface area contributed by atoms with Gasteiger partial charge in [-0.25, -0.2) is 0 Å². The molecule has 1 unspecified atom stereocenters. The number of amides is 1. The summed E-state index contributed by atoms with van der Waals surface area (Å²) in [6.07, 6.45) is -0.0722. The van der Waals surface area contributed by atoms with Crippen molar-refractivity contribution in [2.24, 2.45) is 5.92 Å². The molecular formula is C7H15NO2. The third-order valence-electron chi connectivity index (χ3n) is 1.06. The quantitative estimate of drug-likeness (QED) is 0.568. The summed E-state index contributed by atoms with van der Waals surface area (Å²) < 4.78 is 0. The lowest BCUT2D eigenvalue weighted by atomic mass is 10.1.